The van der Waals surface area contributed by atoms with Crippen LogP contribution < -0.4 is 0 Å². The minimum atomic E-state index is -2.06. The van der Waals surface area contributed by atoms with Crippen molar-refractivity contribution in [2.24, 2.45) is 4.36 Å². The standard InChI is InChI=1S/C9H10BrNOS/c10-8-3-1-4-9(7-8)13(12)6-2-5-11-13/h1,3-4,7H,2,5-6H2. The van der Waals surface area contributed by atoms with E-state index in [4.69, 9.17) is 0 Å². The van der Waals surface area contributed by atoms with Crippen LogP contribution in [0, 0.1) is 0 Å². The second kappa shape index (κ2) is 3.42. The number of halogens is 1. The van der Waals surface area contributed by atoms with Gasteiger partial charge in [0.2, 0.25) is 0 Å². The molecule has 1 aliphatic rings. The zero-order valence-corrected chi connectivity index (χ0v) is 9.47. The predicted octanol–water partition coefficient (Wildman–Crippen LogP) is 2.68. The van der Waals surface area contributed by atoms with Gasteiger partial charge in [0.05, 0.1) is 9.73 Å². The van der Waals surface area contributed by atoms with Crippen molar-refractivity contribution < 1.29 is 4.21 Å². The summed E-state index contributed by atoms with van der Waals surface area (Å²) in [5.41, 5.74) is 0. The second-order valence-electron chi connectivity index (χ2n) is 3.01. The van der Waals surface area contributed by atoms with Crippen molar-refractivity contribution in [3.05, 3.63) is 28.7 Å². The van der Waals surface area contributed by atoms with E-state index in [0.717, 1.165) is 22.3 Å². The van der Waals surface area contributed by atoms with E-state index in [2.05, 4.69) is 20.3 Å². The van der Waals surface area contributed by atoms with Gasteiger partial charge in [0, 0.05) is 21.7 Å². The van der Waals surface area contributed by atoms with E-state index in [1.54, 1.807) is 0 Å². The summed E-state index contributed by atoms with van der Waals surface area (Å²) in [6, 6.07) is 7.63. The Balaban J connectivity index is 2.52. The van der Waals surface area contributed by atoms with Crippen molar-refractivity contribution in [2.45, 2.75) is 11.3 Å². The van der Waals surface area contributed by atoms with E-state index >= 15 is 0 Å². The molecule has 1 atom stereocenters. The molecule has 1 heterocycles. The van der Waals surface area contributed by atoms with E-state index < -0.39 is 9.73 Å². The lowest BCUT2D eigenvalue weighted by molar-refractivity contribution is 0.679. The molecule has 0 saturated heterocycles. The second-order valence-corrected chi connectivity index (χ2v) is 6.34. The first kappa shape index (κ1) is 9.21. The zero-order chi connectivity index (χ0) is 9.31. The van der Waals surface area contributed by atoms with Gasteiger partial charge in [-0.05, 0) is 24.6 Å². The molecule has 0 amide bonds. The quantitative estimate of drug-likeness (QED) is 0.763. The monoisotopic (exact) mass is 259 g/mol. The minimum absolute atomic E-state index is 0.712. The van der Waals surface area contributed by atoms with Crippen LogP contribution in [0.2, 0.25) is 0 Å². The van der Waals surface area contributed by atoms with Crippen LogP contribution in [-0.2, 0) is 9.73 Å². The highest BCUT2D eigenvalue weighted by Crippen LogP contribution is 2.22. The van der Waals surface area contributed by atoms with Crippen molar-refractivity contribution in [3.8, 4) is 0 Å². The van der Waals surface area contributed by atoms with Gasteiger partial charge in [0.15, 0.2) is 0 Å². The van der Waals surface area contributed by atoms with Crippen LogP contribution in [0.1, 0.15) is 6.42 Å². The molecule has 1 aromatic carbocycles. The van der Waals surface area contributed by atoms with Gasteiger partial charge < -0.3 is 0 Å². The molecule has 2 nitrogen and oxygen atoms in total. The molecular weight excluding hydrogens is 250 g/mol. The fraction of sp³-hybridized carbons (Fsp3) is 0.333. The summed E-state index contributed by atoms with van der Waals surface area (Å²) < 4.78 is 17.3. The third-order valence-electron chi connectivity index (χ3n) is 2.04. The number of hydrogen-bond acceptors (Lipinski definition) is 2. The van der Waals surface area contributed by atoms with Gasteiger partial charge in [-0.2, -0.15) is 0 Å². The van der Waals surface area contributed by atoms with Crippen molar-refractivity contribution in [1.29, 1.82) is 0 Å². The van der Waals surface area contributed by atoms with Crippen LogP contribution in [0.5, 0.6) is 0 Å². The number of benzene rings is 1. The molecule has 0 saturated carbocycles. The summed E-state index contributed by atoms with van der Waals surface area (Å²) in [6.07, 6.45) is 0.950. The molecule has 0 aromatic heterocycles. The Morgan fingerprint density at radius 1 is 1.46 bits per heavy atom. The number of rotatable bonds is 1. The molecule has 4 heteroatoms. The third kappa shape index (κ3) is 1.79. The summed E-state index contributed by atoms with van der Waals surface area (Å²) in [5, 5.41) is 0. The van der Waals surface area contributed by atoms with Crippen LogP contribution in [0.3, 0.4) is 0 Å². The maximum Gasteiger partial charge on any atom is 0.0753 e. The first-order valence-electron chi connectivity index (χ1n) is 4.17. The van der Waals surface area contributed by atoms with Crippen molar-refractivity contribution in [1.82, 2.24) is 0 Å². The van der Waals surface area contributed by atoms with Crippen LogP contribution in [0.25, 0.3) is 0 Å². The molecule has 0 bridgehead atoms. The van der Waals surface area contributed by atoms with Crippen molar-refractivity contribution in [3.63, 3.8) is 0 Å². The fourth-order valence-corrected chi connectivity index (χ4v) is 4.01. The van der Waals surface area contributed by atoms with Crippen molar-refractivity contribution in [2.75, 3.05) is 12.3 Å². The van der Waals surface area contributed by atoms with Gasteiger partial charge in [-0.15, -0.1) is 0 Å². The summed E-state index contributed by atoms with van der Waals surface area (Å²) in [5.74, 6) is 0.712. The fourth-order valence-electron chi connectivity index (χ4n) is 1.39. The van der Waals surface area contributed by atoms with Gasteiger partial charge in [-0.1, -0.05) is 22.0 Å². The Morgan fingerprint density at radius 3 is 2.92 bits per heavy atom. The maximum atomic E-state index is 12.2. The van der Waals surface area contributed by atoms with Crippen LogP contribution in [-0.4, -0.2) is 16.5 Å². The van der Waals surface area contributed by atoms with E-state index in [9.17, 15) is 4.21 Å². The molecule has 1 unspecified atom stereocenters. The Labute approximate surface area is 86.7 Å². The lowest BCUT2D eigenvalue weighted by Crippen LogP contribution is -2.00. The molecule has 70 valence electrons. The zero-order valence-electron chi connectivity index (χ0n) is 7.07. The smallest absolute Gasteiger partial charge is 0.0753 e. The molecule has 0 radical (unpaired) electrons. The minimum Gasteiger partial charge on any atom is -0.245 e. The molecule has 2 rings (SSSR count). The van der Waals surface area contributed by atoms with Gasteiger partial charge in [-0.25, -0.2) is 8.57 Å². The van der Waals surface area contributed by atoms with Gasteiger partial charge in [0.25, 0.3) is 0 Å². The first-order chi connectivity index (χ1) is 6.21. The molecule has 0 spiro atoms. The average Bonchev–Trinajstić information content (AvgIpc) is 2.54. The first-order valence-corrected chi connectivity index (χ1v) is 6.65. The Kier molecular flexibility index (Phi) is 2.43. The number of nitrogens with zero attached hydrogens (tertiary/aromatic N) is 1. The Bertz CT molecular complexity index is 435. The third-order valence-corrected chi connectivity index (χ3v) is 4.97. The lowest BCUT2D eigenvalue weighted by atomic mass is 10.4. The van der Waals surface area contributed by atoms with Crippen LogP contribution in [0.15, 0.2) is 38.0 Å². The highest BCUT2D eigenvalue weighted by molar-refractivity contribution is 9.10. The molecule has 13 heavy (non-hydrogen) atoms. The Hall–Kier alpha value is -0.350. The normalized spacial score (nSPS) is 27.2. The van der Waals surface area contributed by atoms with E-state index in [1.165, 1.54) is 0 Å². The van der Waals surface area contributed by atoms with E-state index in [1.807, 2.05) is 24.3 Å². The summed E-state index contributed by atoms with van der Waals surface area (Å²) >= 11 is 3.37. The largest absolute Gasteiger partial charge is 0.245 e. The lowest BCUT2D eigenvalue weighted by Gasteiger charge is -2.03. The van der Waals surface area contributed by atoms with Gasteiger partial charge in [0.1, 0.15) is 0 Å². The highest BCUT2D eigenvalue weighted by atomic mass is 79.9. The summed E-state index contributed by atoms with van der Waals surface area (Å²) in [4.78, 5) is 0.861. The highest BCUT2D eigenvalue weighted by Gasteiger charge is 2.16. The summed E-state index contributed by atoms with van der Waals surface area (Å²) in [6.45, 7) is 0.741. The van der Waals surface area contributed by atoms with E-state index in [-0.39, 0.29) is 0 Å². The van der Waals surface area contributed by atoms with Crippen LogP contribution in [0.4, 0.5) is 0 Å². The van der Waals surface area contributed by atoms with Crippen LogP contribution >= 0.6 is 15.9 Å². The molecule has 0 N–H and O–H groups in total. The molecule has 0 fully saturated rings. The molecule has 1 aliphatic heterocycles. The van der Waals surface area contributed by atoms with Gasteiger partial charge in [-0.3, -0.25) is 0 Å². The van der Waals surface area contributed by atoms with E-state index in [0.29, 0.717) is 5.75 Å². The molecule has 0 aliphatic carbocycles. The predicted molar refractivity (Wildman–Crippen MR) is 57.3 cm³/mol. The SMILES string of the molecule is O=S1(c2cccc(Br)c2)=NCCC1. The van der Waals surface area contributed by atoms with Gasteiger partial charge >= 0.3 is 0 Å². The maximum absolute atomic E-state index is 12.2. The van der Waals surface area contributed by atoms with Crippen molar-refractivity contribution >= 4 is 25.7 Å². The topological polar surface area (TPSA) is 29.4 Å². The molecule has 1 aromatic rings. The average molecular weight is 260 g/mol. The number of hydrogen-bond donors (Lipinski definition) is 0. The Morgan fingerprint density at radius 2 is 2.31 bits per heavy atom. The molecular formula is C9H10BrNOS. The summed E-state index contributed by atoms with van der Waals surface area (Å²) in [7, 11) is -2.06.